The molecular formula is C18H22N2O3S. The Balaban J connectivity index is 2.03. The molecule has 3 rings (SSSR count). The van der Waals surface area contributed by atoms with Crippen molar-refractivity contribution >= 4 is 21.4 Å². The first kappa shape index (κ1) is 16.8. The van der Waals surface area contributed by atoms with Gasteiger partial charge in [-0.3, -0.25) is 0 Å². The molecule has 0 atom stereocenters. The summed E-state index contributed by atoms with van der Waals surface area (Å²) in [6.07, 6.45) is 0. The average molecular weight is 346 g/mol. The third-order valence-corrected chi connectivity index (χ3v) is 6.24. The Morgan fingerprint density at radius 1 is 1.04 bits per heavy atom. The van der Waals surface area contributed by atoms with E-state index < -0.39 is 10.0 Å². The van der Waals surface area contributed by atoms with Gasteiger partial charge in [0.25, 0.3) is 0 Å². The number of benzene rings is 2. The third kappa shape index (κ3) is 2.76. The number of aryl methyl sites for hydroxylation is 2. The largest absolute Gasteiger partial charge is 0.453 e. The Bertz CT molecular complexity index is 887. The normalized spacial score (nSPS) is 13.0. The molecule has 6 heteroatoms. The maximum atomic E-state index is 12.7. The van der Waals surface area contributed by atoms with Crippen LogP contribution in [0.5, 0.6) is 11.5 Å². The standard InChI is InChI=1S/C18H22N2O3S/c1-5-20(6-2)24(21,22)14-7-8-15-17(11-14)23-18-13(4)9-12(3)10-16(18)19-15/h7-11,19H,5-6H2,1-4H3. The molecule has 128 valence electrons. The molecule has 1 heterocycles. The van der Waals surface area contributed by atoms with E-state index in [0.717, 1.165) is 28.3 Å². The predicted octanol–water partition coefficient (Wildman–Crippen LogP) is 4.18. The van der Waals surface area contributed by atoms with Crippen LogP contribution >= 0.6 is 0 Å². The Kier molecular flexibility index (Phi) is 4.27. The van der Waals surface area contributed by atoms with Crippen LogP contribution in [-0.4, -0.2) is 25.8 Å². The first-order valence-electron chi connectivity index (χ1n) is 8.07. The summed E-state index contributed by atoms with van der Waals surface area (Å²) in [6.45, 7) is 8.56. The summed E-state index contributed by atoms with van der Waals surface area (Å²) in [5.41, 5.74) is 3.83. The van der Waals surface area contributed by atoms with Crippen molar-refractivity contribution in [1.82, 2.24) is 4.31 Å². The SMILES string of the molecule is CCN(CC)S(=O)(=O)c1ccc2c(c1)Oc1c(C)cc(C)cc1N2. The summed E-state index contributed by atoms with van der Waals surface area (Å²) in [5.74, 6) is 1.27. The van der Waals surface area contributed by atoms with E-state index in [1.54, 1.807) is 18.2 Å². The van der Waals surface area contributed by atoms with Gasteiger partial charge in [-0.1, -0.05) is 19.9 Å². The van der Waals surface area contributed by atoms with Crippen LogP contribution in [0, 0.1) is 13.8 Å². The molecule has 1 aliphatic rings. The zero-order valence-corrected chi connectivity index (χ0v) is 15.2. The minimum Gasteiger partial charge on any atom is -0.453 e. The van der Waals surface area contributed by atoms with Crippen molar-refractivity contribution in [3.8, 4) is 11.5 Å². The van der Waals surface area contributed by atoms with Crippen molar-refractivity contribution in [3.63, 3.8) is 0 Å². The van der Waals surface area contributed by atoms with Crippen LogP contribution < -0.4 is 10.1 Å². The quantitative estimate of drug-likeness (QED) is 0.770. The molecule has 2 aromatic carbocycles. The summed E-state index contributed by atoms with van der Waals surface area (Å²) in [6, 6.07) is 9.04. The van der Waals surface area contributed by atoms with Crippen LogP contribution in [0.4, 0.5) is 11.4 Å². The number of hydrogen-bond acceptors (Lipinski definition) is 4. The van der Waals surface area contributed by atoms with Crippen molar-refractivity contribution in [2.24, 2.45) is 0 Å². The first-order chi connectivity index (χ1) is 11.4. The van der Waals surface area contributed by atoms with Gasteiger partial charge >= 0.3 is 0 Å². The molecule has 5 nitrogen and oxygen atoms in total. The molecule has 0 unspecified atom stereocenters. The molecule has 24 heavy (non-hydrogen) atoms. The Morgan fingerprint density at radius 3 is 2.42 bits per heavy atom. The summed E-state index contributed by atoms with van der Waals surface area (Å²) < 4.78 is 32.8. The lowest BCUT2D eigenvalue weighted by Gasteiger charge is -2.25. The smallest absolute Gasteiger partial charge is 0.243 e. The highest BCUT2D eigenvalue weighted by atomic mass is 32.2. The Hall–Kier alpha value is -2.05. The minimum atomic E-state index is -3.50. The summed E-state index contributed by atoms with van der Waals surface area (Å²) in [5, 5.41) is 3.32. The molecule has 0 radical (unpaired) electrons. The highest BCUT2D eigenvalue weighted by molar-refractivity contribution is 7.89. The molecule has 2 aromatic rings. The van der Waals surface area contributed by atoms with E-state index in [0.29, 0.717) is 18.8 Å². The van der Waals surface area contributed by atoms with E-state index in [1.165, 1.54) is 4.31 Å². The van der Waals surface area contributed by atoms with Gasteiger partial charge in [0.15, 0.2) is 11.5 Å². The van der Waals surface area contributed by atoms with Gasteiger partial charge in [0.2, 0.25) is 10.0 Å². The van der Waals surface area contributed by atoms with E-state index in [-0.39, 0.29) is 4.90 Å². The highest BCUT2D eigenvalue weighted by Gasteiger charge is 2.25. The topological polar surface area (TPSA) is 58.6 Å². The number of fused-ring (bicyclic) bond motifs is 2. The maximum absolute atomic E-state index is 12.7. The van der Waals surface area contributed by atoms with Gasteiger partial charge in [0, 0.05) is 19.2 Å². The molecule has 1 aliphatic heterocycles. The second-order valence-electron chi connectivity index (χ2n) is 5.93. The highest BCUT2D eigenvalue weighted by Crippen LogP contribution is 2.45. The molecule has 0 amide bonds. The summed E-state index contributed by atoms with van der Waals surface area (Å²) in [4.78, 5) is 0.250. The average Bonchev–Trinajstić information content (AvgIpc) is 2.53. The Labute approximate surface area is 143 Å². The van der Waals surface area contributed by atoms with Crippen molar-refractivity contribution in [3.05, 3.63) is 41.5 Å². The second-order valence-corrected chi connectivity index (χ2v) is 7.87. The van der Waals surface area contributed by atoms with Gasteiger partial charge in [-0.05, 0) is 43.2 Å². The van der Waals surface area contributed by atoms with Crippen LogP contribution in [0.2, 0.25) is 0 Å². The number of nitrogens with one attached hydrogen (secondary N) is 1. The maximum Gasteiger partial charge on any atom is 0.243 e. The lowest BCUT2D eigenvalue weighted by Crippen LogP contribution is -2.30. The monoisotopic (exact) mass is 346 g/mol. The van der Waals surface area contributed by atoms with Crippen molar-refractivity contribution < 1.29 is 13.2 Å². The third-order valence-electron chi connectivity index (χ3n) is 4.20. The van der Waals surface area contributed by atoms with Gasteiger partial charge in [0.1, 0.15) is 0 Å². The van der Waals surface area contributed by atoms with E-state index in [1.807, 2.05) is 39.8 Å². The molecular weight excluding hydrogens is 324 g/mol. The van der Waals surface area contributed by atoms with E-state index in [9.17, 15) is 8.42 Å². The fraction of sp³-hybridized carbons (Fsp3) is 0.333. The van der Waals surface area contributed by atoms with Gasteiger partial charge in [-0.15, -0.1) is 0 Å². The summed E-state index contributed by atoms with van der Waals surface area (Å²) in [7, 11) is -3.50. The van der Waals surface area contributed by atoms with E-state index in [4.69, 9.17) is 4.74 Å². The zero-order valence-electron chi connectivity index (χ0n) is 14.4. The lowest BCUT2D eigenvalue weighted by atomic mass is 10.1. The van der Waals surface area contributed by atoms with Gasteiger partial charge in [-0.2, -0.15) is 4.31 Å². The van der Waals surface area contributed by atoms with Crippen LogP contribution in [0.25, 0.3) is 0 Å². The Morgan fingerprint density at radius 2 is 1.75 bits per heavy atom. The number of nitrogens with zero attached hydrogens (tertiary/aromatic N) is 1. The van der Waals surface area contributed by atoms with E-state index >= 15 is 0 Å². The zero-order chi connectivity index (χ0) is 17.5. The molecule has 0 spiro atoms. The van der Waals surface area contributed by atoms with E-state index in [2.05, 4.69) is 5.32 Å². The van der Waals surface area contributed by atoms with Gasteiger partial charge < -0.3 is 10.1 Å². The van der Waals surface area contributed by atoms with Crippen LogP contribution in [0.1, 0.15) is 25.0 Å². The predicted molar refractivity (Wildman–Crippen MR) is 95.8 cm³/mol. The molecule has 0 saturated carbocycles. The number of rotatable bonds is 4. The lowest BCUT2D eigenvalue weighted by molar-refractivity contribution is 0.443. The minimum absolute atomic E-state index is 0.250. The number of hydrogen-bond donors (Lipinski definition) is 1. The molecule has 0 bridgehead atoms. The molecule has 0 aliphatic carbocycles. The summed E-state index contributed by atoms with van der Waals surface area (Å²) >= 11 is 0. The number of sulfonamides is 1. The van der Waals surface area contributed by atoms with Crippen LogP contribution in [0.15, 0.2) is 35.2 Å². The van der Waals surface area contributed by atoms with Crippen LogP contribution in [-0.2, 0) is 10.0 Å². The van der Waals surface area contributed by atoms with Gasteiger partial charge in [-0.25, -0.2) is 8.42 Å². The number of ether oxygens (including phenoxy) is 1. The fourth-order valence-corrected chi connectivity index (χ4v) is 4.48. The van der Waals surface area contributed by atoms with Crippen molar-refractivity contribution in [1.29, 1.82) is 0 Å². The van der Waals surface area contributed by atoms with Crippen molar-refractivity contribution in [2.45, 2.75) is 32.6 Å². The van der Waals surface area contributed by atoms with Crippen molar-refractivity contribution in [2.75, 3.05) is 18.4 Å². The molecule has 0 fully saturated rings. The fourth-order valence-electron chi connectivity index (χ4n) is 3.00. The molecule has 0 saturated heterocycles. The van der Waals surface area contributed by atoms with Gasteiger partial charge in [0.05, 0.1) is 16.3 Å². The second kappa shape index (κ2) is 6.11. The molecule has 0 aromatic heterocycles. The van der Waals surface area contributed by atoms with Crippen LogP contribution in [0.3, 0.4) is 0 Å². The first-order valence-corrected chi connectivity index (χ1v) is 9.51. The number of anilines is 2. The molecule has 1 N–H and O–H groups in total.